The number of benzene rings is 2. The maximum atomic E-state index is 13.4. The Hall–Kier alpha value is -3.03. The quantitative estimate of drug-likeness (QED) is 0.265. The van der Waals surface area contributed by atoms with Gasteiger partial charge < -0.3 is 14.5 Å². The van der Waals surface area contributed by atoms with E-state index in [1.165, 1.54) is 0 Å². The second kappa shape index (κ2) is 15.3. The normalized spacial score (nSPS) is 12.9. The summed E-state index contributed by atoms with van der Waals surface area (Å²) >= 11 is 1.56. The molecule has 0 fully saturated rings. The first-order valence-corrected chi connectivity index (χ1v) is 13.9. The molecule has 3 rings (SSSR count). The van der Waals surface area contributed by atoms with Gasteiger partial charge in [-0.1, -0.05) is 74.5 Å². The van der Waals surface area contributed by atoms with Crippen molar-refractivity contribution in [2.24, 2.45) is 5.92 Å². The Morgan fingerprint density at radius 3 is 2.27 bits per heavy atom. The van der Waals surface area contributed by atoms with E-state index in [0.29, 0.717) is 30.4 Å². The summed E-state index contributed by atoms with van der Waals surface area (Å²) in [7, 11) is 1.97. The first-order valence-electron chi connectivity index (χ1n) is 12.7. The molecule has 0 bridgehead atoms. The molecule has 2 aromatic carbocycles. The highest BCUT2D eigenvalue weighted by Crippen LogP contribution is 2.17. The van der Waals surface area contributed by atoms with E-state index < -0.39 is 6.09 Å². The molecule has 0 aliphatic carbocycles. The van der Waals surface area contributed by atoms with Crippen LogP contribution in [0, 0.1) is 5.92 Å². The smallest absolute Gasteiger partial charge is 0.407 e. The molecule has 1 N–H and O–H groups in total. The van der Waals surface area contributed by atoms with E-state index in [9.17, 15) is 9.59 Å². The second-order valence-corrected chi connectivity index (χ2v) is 10.7. The van der Waals surface area contributed by atoms with Crippen LogP contribution >= 0.6 is 11.8 Å². The number of carbonyl (C=O) groups is 2. The van der Waals surface area contributed by atoms with Crippen molar-refractivity contribution in [3.63, 3.8) is 0 Å². The summed E-state index contributed by atoms with van der Waals surface area (Å²) in [4.78, 5) is 28.1. The number of Topliss-reactive ketones (excluding diaryl/α,β-unsaturated/α-hetero) is 1. The number of ether oxygens (including phenoxy) is 1. The van der Waals surface area contributed by atoms with Crippen LogP contribution in [0.2, 0.25) is 0 Å². The third-order valence-corrected chi connectivity index (χ3v) is 7.02. The lowest BCUT2D eigenvalue weighted by Gasteiger charge is -2.31. The number of likely N-dealkylation sites (N-methyl/N-ethyl adjacent to an activating group) is 1. The fourth-order valence-electron chi connectivity index (χ4n) is 4.25. The minimum atomic E-state index is -0.442. The van der Waals surface area contributed by atoms with Crippen molar-refractivity contribution in [3.05, 3.63) is 95.9 Å². The number of hydrogen-bond acceptors (Lipinski definition) is 6. The number of nitrogens with zero attached hydrogens (tertiary/aromatic N) is 1. The predicted octanol–water partition coefficient (Wildman–Crippen LogP) is 5.97. The molecule has 0 saturated heterocycles. The van der Waals surface area contributed by atoms with Crippen LogP contribution in [0.3, 0.4) is 0 Å². The summed E-state index contributed by atoms with van der Waals surface area (Å²) in [6.07, 6.45) is 2.60. The van der Waals surface area contributed by atoms with Crippen LogP contribution in [0.15, 0.2) is 83.5 Å². The van der Waals surface area contributed by atoms with Crippen molar-refractivity contribution < 1.29 is 18.7 Å². The second-order valence-electron chi connectivity index (χ2n) is 9.72. The summed E-state index contributed by atoms with van der Waals surface area (Å²) in [6.45, 7) is 5.02. The van der Waals surface area contributed by atoms with E-state index >= 15 is 0 Å². The van der Waals surface area contributed by atoms with E-state index in [1.807, 2.05) is 67.7 Å². The molecule has 1 amide bonds. The zero-order chi connectivity index (χ0) is 26.5. The Morgan fingerprint density at radius 2 is 1.65 bits per heavy atom. The molecule has 198 valence electrons. The van der Waals surface area contributed by atoms with Crippen LogP contribution in [0.5, 0.6) is 0 Å². The first kappa shape index (κ1) is 28.5. The number of ketones is 1. The lowest BCUT2D eigenvalue weighted by atomic mass is 9.99. The Morgan fingerprint density at radius 1 is 0.973 bits per heavy atom. The van der Waals surface area contributed by atoms with Crippen molar-refractivity contribution >= 4 is 23.6 Å². The third-order valence-electron chi connectivity index (χ3n) is 6.04. The van der Waals surface area contributed by atoms with Gasteiger partial charge in [0.1, 0.15) is 12.4 Å². The number of hydrogen-bond donors (Lipinski definition) is 1. The third kappa shape index (κ3) is 10.5. The van der Waals surface area contributed by atoms with Gasteiger partial charge in [-0.15, -0.1) is 11.8 Å². The summed E-state index contributed by atoms with van der Waals surface area (Å²) in [6, 6.07) is 23.0. The predicted molar refractivity (Wildman–Crippen MR) is 149 cm³/mol. The van der Waals surface area contributed by atoms with Gasteiger partial charge in [-0.3, -0.25) is 9.69 Å². The fraction of sp³-hybridized carbons (Fsp3) is 0.400. The van der Waals surface area contributed by atoms with E-state index in [0.717, 1.165) is 23.3 Å². The van der Waals surface area contributed by atoms with Crippen molar-refractivity contribution in [2.45, 2.75) is 51.1 Å². The van der Waals surface area contributed by atoms with Crippen molar-refractivity contribution in [2.75, 3.05) is 19.3 Å². The minimum absolute atomic E-state index is 0.143. The first-order chi connectivity index (χ1) is 17.9. The van der Waals surface area contributed by atoms with Crippen LogP contribution in [-0.4, -0.2) is 48.2 Å². The molecular weight excluding hydrogens is 484 g/mol. The molecule has 37 heavy (non-hydrogen) atoms. The average molecular weight is 523 g/mol. The Kier molecular flexibility index (Phi) is 11.8. The van der Waals surface area contributed by atoms with Crippen LogP contribution < -0.4 is 5.32 Å². The average Bonchev–Trinajstić information content (AvgIpc) is 3.40. The number of carbonyl (C=O) groups excluding carboxylic acids is 2. The molecule has 2 atom stereocenters. The van der Waals surface area contributed by atoms with Gasteiger partial charge in [0.2, 0.25) is 0 Å². The highest BCUT2D eigenvalue weighted by molar-refractivity contribution is 7.99. The molecule has 0 spiro atoms. The van der Waals surface area contributed by atoms with Gasteiger partial charge in [-0.05, 0) is 49.1 Å². The highest BCUT2D eigenvalue weighted by Gasteiger charge is 2.27. The van der Waals surface area contributed by atoms with E-state index in [4.69, 9.17) is 9.15 Å². The number of thioether (sulfide) groups is 1. The molecule has 6 nitrogen and oxygen atoms in total. The lowest BCUT2D eigenvalue weighted by Crippen LogP contribution is -2.49. The van der Waals surface area contributed by atoms with E-state index in [2.05, 4.69) is 36.2 Å². The highest BCUT2D eigenvalue weighted by atomic mass is 32.2. The maximum absolute atomic E-state index is 13.4. The summed E-state index contributed by atoms with van der Waals surface area (Å²) in [5.41, 5.74) is 2.05. The Bertz CT molecular complexity index is 1060. The van der Waals surface area contributed by atoms with Gasteiger partial charge in [-0.25, -0.2) is 4.79 Å². The number of furan rings is 1. The topological polar surface area (TPSA) is 71.8 Å². The van der Waals surface area contributed by atoms with Gasteiger partial charge in [-0.2, -0.15) is 0 Å². The summed E-state index contributed by atoms with van der Waals surface area (Å²) in [5.74, 6) is 2.45. The fourth-order valence-corrected chi connectivity index (χ4v) is 5.11. The van der Waals surface area contributed by atoms with Crippen molar-refractivity contribution in [1.82, 2.24) is 10.2 Å². The van der Waals surface area contributed by atoms with Crippen LogP contribution in [0.25, 0.3) is 0 Å². The van der Waals surface area contributed by atoms with Gasteiger partial charge in [0, 0.05) is 12.6 Å². The van der Waals surface area contributed by atoms with Crippen LogP contribution in [0.4, 0.5) is 4.79 Å². The number of rotatable bonds is 15. The molecule has 7 heteroatoms. The zero-order valence-electron chi connectivity index (χ0n) is 22.0. The largest absolute Gasteiger partial charge is 0.468 e. The summed E-state index contributed by atoms with van der Waals surface area (Å²) in [5, 5.41) is 3.04. The Labute approximate surface area is 224 Å². The van der Waals surface area contributed by atoms with Gasteiger partial charge >= 0.3 is 6.09 Å². The zero-order valence-corrected chi connectivity index (χ0v) is 22.8. The van der Waals surface area contributed by atoms with E-state index in [1.54, 1.807) is 18.0 Å². The molecule has 0 saturated carbocycles. The van der Waals surface area contributed by atoms with Gasteiger partial charge in [0.05, 0.1) is 23.8 Å². The minimum Gasteiger partial charge on any atom is -0.468 e. The van der Waals surface area contributed by atoms with E-state index in [-0.39, 0.29) is 24.5 Å². The molecular formula is C30H38N2O4S. The number of nitrogens with one attached hydrogen (secondary N) is 1. The number of alkyl carbamates (subject to hydrolysis) is 1. The molecule has 2 unspecified atom stereocenters. The lowest BCUT2D eigenvalue weighted by molar-refractivity contribution is -0.121. The monoisotopic (exact) mass is 522 g/mol. The molecule has 1 aromatic heterocycles. The van der Waals surface area contributed by atoms with Crippen LogP contribution in [0.1, 0.15) is 37.2 Å². The van der Waals surface area contributed by atoms with Gasteiger partial charge in [0.15, 0.2) is 5.78 Å². The van der Waals surface area contributed by atoms with Crippen LogP contribution in [-0.2, 0) is 28.3 Å². The maximum Gasteiger partial charge on any atom is 0.407 e. The SMILES string of the molecule is CC(C)CC(CN(C)C(Cc1ccccc1)C(=O)CSCc1ccco1)NC(=O)OCc1ccccc1. The molecule has 0 aliphatic rings. The molecule has 0 radical (unpaired) electrons. The molecule has 0 aliphatic heterocycles. The summed E-state index contributed by atoms with van der Waals surface area (Å²) < 4.78 is 10.9. The van der Waals surface area contributed by atoms with Gasteiger partial charge in [0.25, 0.3) is 0 Å². The molecule has 1 heterocycles. The number of amides is 1. The Balaban J connectivity index is 1.62. The van der Waals surface area contributed by atoms with Crippen molar-refractivity contribution in [1.29, 1.82) is 0 Å². The van der Waals surface area contributed by atoms with Crippen molar-refractivity contribution in [3.8, 4) is 0 Å². The molecule has 3 aromatic rings. The standard InChI is InChI=1S/C30H38N2O4S/c1-23(2)17-26(31-30(34)36-20-25-13-8-5-9-14-25)19-32(3)28(18-24-11-6-4-7-12-24)29(33)22-37-21-27-15-10-16-35-27/h4-16,23,26,28H,17-22H2,1-3H3,(H,31,34).